The van der Waals surface area contributed by atoms with Crippen molar-refractivity contribution in [3.63, 3.8) is 0 Å². The number of thioether (sulfide) groups is 1. The number of carbonyl (C=O) groups is 1. The maximum absolute atomic E-state index is 11.3. The third-order valence-electron chi connectivity index (χ3n) is 2.85. The van der Waals surface area contributed by atoms with Crippen LogP contribution in [-0.4, -0.2) is 22.5 Å². The third-order valence-corrected chi connectivity index (χ3v) is 3.82. The van der Waals surface area contributed by atoms with Crippen LogP contribution >= 0.6 is 11.8 Å². The van der Waals surface area contributed by atoms with Gasteiger partial charge in [-0.1, -0.05) is 49.9 Å². The molecule has 100 valence electrons. The van der Waals surface area contributed by atoms with Gasteiger partial charge < -0.3 is 5.32 Å². The van der Waals surface area contributed by atoms with Gasteiger partial charge in [-0.25, -0.2) is 0 Å². The Kier molecular flexibility index (Phi) is 4.37. The highest BCUT2D eigenvalue weighted by molar-refractivity contribution is 8.15. The summed E-state index contributed by atoms with van der Waals surface area (Å²) in [6, 6.07) is 8.21. The fourth-order valence-electron chi connectivity index (χ4n) is 1.62. The smallest absolute Gasteiger partial charge is 0.239 e. The molecule has 0 unspecified atom stereocenters. The van der Waals surface area contributed by atoms with Crippen LogP contribution in [0.5, 0.6) is 0 Å². The topological polar surface area (TPSA) is 53.8 Å². The molecule has 1 amide bonds. The number of hydrogen-bond acceptors (Lipinski definition) is 4. The van der Waals surface area contributed by atoms with Gasteiger partial charge in [0.2, 0.25) is 5.91 Å². The van der Waals surface area contributed by atoms with Gasteiger partial charge in [0.1, 0.15) is 0 Å². The van der Waals surface area contributed by atoms with Crippen LogP contribution < -0.4 is 5.32 Å². The molecule has 0 saturated carbocycles. The molecule has 0 aromatic heterocycles. The molecule has 1 aliphatic rings. The predicted molar refractivity (Wildman–Crippen MR) is 80.8 cm³/mol. The highest BCUT2D eigenvalue weighted by atomic mass is 32.2. The van der Waals surface area contributed by atoms with Crippen LogP contribution in [0.1, 0.15) is 37.8 Å². The minimum Gasteiger partial charge on any atom is -0.303 e. The van der Waals surface area contributed by atoms with Gasteiger partial charge in [0, 0.05) is 0 Å². The van der Waals surface area contributed by atoms with E-state index in [1.807, 2.05) is 19.1 Å². The zero-order valence-corrected chi connectivity index (χ0v) is 12.1. The third kappa shape index (κ3) is 3.67. The van der Waals surface area contributed by atoms with E-state index in [1.54, 1.807) is 6.21 Å². The summed E-state index contributed by atoms with van der Waals surface area (Å²) in [5.41, 5.74) is 2.30. The molecule has 1 atom stereocenters. The van der Waals surface area contributed by atoms with Gasteiger partial charge in [-0.15, -0.1) is 5.10 Å². The van der Waals surface area contributed by atoms with Crippen molar-refractivity contribution in [1.82, 2.24) is 5.32 Å². The Balaban J connectivity index is 1.99. The molecule has 1 saturated heterocycles. The number of nitrogens with zero attached hydrogens (tertiary/aromatic N) is 2. The van der Waals surface area contributed by atoms with Crippen LogP contribution in [0.15, 0.2) is 34.5 Å². The highest BCUT2D eigenvalue weighted by Gasteiger charge is 2.25. The number of amides is 1. The summed E-state index contributed by atoms with van der Waals surface area (Å²) >= 11 is 1.39. The molecule has 1 aromatic rings. The van der Waals surface area contributed by atoms with Crippen LogP contribution in [-0.2, 0) is 4.79 Å². The zero-order valence-electron chi connectivity index (χ0n) is 11.3. The maximum atomic E-state index is 11.3. The summed E-state index contributed by atoms with van der Waals surface area (Å²) in [5, 5.41) is 11.1. The first-order valence-corrected chi connectivity index (χ1v) is 7.12. The molecule has 0 aliphatic carbocycles. The molecule has 4 nitrogen and oxygen atoms in total. The molecule has 0 bridgehead atoms. The van der Waals surface area contributed by atoms with Gasteiger partial charge in [-0.2, -0.15) is 5.10 Å². The zero-order chi connectivity index (χ0) is 13.8. The van der Waals surface area contributed by atoms with Crippen molar-refractivity contribution < 1.29 is 4.79 Å². The second-order valence-electron chi connectivity index (χ2n) is 4.72. The lowest BCUT2D eigenvalue weighted by molar-refractivity contribution is -0.118. The first-order chi connectivity index (χ1) is 9.06. The molecule has 0 spiro atoms. The van der Waals surface area contributed by atoms with Crippen LogP contribution in [0.25, 0.3) is 0 Å². The molecule has 0 radical (unpaired) electrons. The molecule has 1 N–H and O–H groups in total. The Bertz CT molecular complexity index is 520. The van der Waals surface area contributed by atoms with E-state index >= 15 is 0 Å². The summed E-state index contributed by atoms with van der Waals surface area (Å²) in [6.45, 7) is 6.17. The standard InChI is InChI=1S/C14H17N3OS/c1-9(2)12-6-4-11(5-7-12)8-15-17-14-16-13(18)10(3)19-14/h4-10H,1-3H3,(H,16,17,18)/b15-8-/t10-/m0/s1. The lowest BCUT2D eigenvalue weighted by Crippen LogP contribution is -2.23. The number of nitrogens with one attached hydrogen (secondary N) is 1. The van der Waals surface area contributed by atoms with Gasteiger partial charge in [0.05, 0.1) is 11.5 Å². The summed E-state index contributed by atoms with van der Waals surface area (Å²) in [6.07, 6.45) is 1.69. The first kappa shape index (κ1) is 13.8. The minimum atomic E-state index is -0.0840. The number of rotatable bonds is 3. The molecule has 1 aromatic carbocycles. The van der Waals surface area contributed by atoms with Crippen molar-refractivity contribution in [3.05, 3.63) is 35.4 Å². The molecule has 2 rings (SSSR count). The van der Waals surface area contributed by atoms with E-state index in [2.05, 4.69) is 41.5 Å². The Labute approximate surface area is 117 Å². The molecular formula is C14H17N3OS. The predicted octanol–water partition coefficient (Wildman–Crippen LogP) is 2.75. The number of carbonyl (C=O) groups excluding carboxylic acids is 1. The molecular weight excluding hydrogens is 258 g/mol. The second-order valence-corrected chi connectivity index (χ2v) is 6.05. The molecule has 1 aliphatic heterocycles. The van der Waals surface area contributed by atoms with Crippen LogP contribution in [0.4, 0.5) is 0 Å². The quantitative estimate of drug-likeness (QED) is 0.681. The van der Waals surface area contributed by atoms with Crippen LogP contribution in [0.3, 0.4) is 0 Å². The average molecular weight is 275 g/mol. The lowest BCUT2D eigenvalue weighted by atomic mass is 10.0. The number of hydrogen-bond donors (Lipinski definition) is 1. The largest absolute Gasteiger partial charge is 0.303 e. The van der Waals surface area contributed by atoms with E-state index in [9.17, 15) is 4.79 Å². The van der Waals surface area contributed by atoms with Crippen LogP contribution in [0.2, 0.25) is 0 Å². The fourth-order valence-corrected chi connectivity index (χ4v) is 2.38. The maximum Gasteiger partial charge on any atom is 0.239 e. The fraction of sp³-hybridized carbons (Fsp3) is 0.357. The van der Waals surface area contributed by atoms with Crippen molar-refractivity contribution in [1.29, 1.82) is 0 Å². The summed E-state index contributed by atoms with van der Waals surface area (Å²) < 4.78 is 0. The summed E-state index contributed by atoms with van der Waals surface area (Å²) in [7, 11) is 0. The monoisotopic (exact) mass is 275 g/mol. The molecule has 19 heavy (non-hydrogen) atoms. The first-order valence-electron chi connectivity index (χ1n) is 6.25. The van der Waals surface area contributed by atoms with Crippen LogP contribution in [0, 0.1) is 0 Å². The van der Waals surface area contributed by atoms with Crippen molar-refractivity contribution in [2.45, 2.75) is 31.9 Å². The second kappa shape index (κ2) is 6.02. The average Bonchev–Trinajstić information content (AvgIpc) is 2.69. The highest BCUT2D eigenvalue weighted by Crippen LogP contribution is 2.18. The SMILES string of the molecule is CC(C)c1ccc(/C=N\N=C2\NC(=O)[C@H](C)S2)cc1. The van der Waals surface area contributed by atoms with Crippen molar-refractivity contribution in [2.75, 3.05) is 0 Å². The van der Waals surface area contributed by atoms with Gasteiger partial charge in [-0.3, -0.25) is 4.79 Å². The molecule has 5 heteroatoms. The van der Waals surface area contributed by atoms with Crippen molar-refractivity contribution in [3.8, 4) is 0 Å². The Morgan fingerprint density at radius 3 is 2.53 bits per heavy atom. The number of amidine groups is 1. The Morgan fingerprint density at radius 1 is 1.32 bits per heavy atom. The van der Waals surface area contributed by atoms with E-state index < -0.39 is 0 Å². The van der Waals surface area contributed by atoms with Gasteiger partial charge in [0.25, 0.3) is 0 Å². The van der Waals surface area contributed by atoms with Gasteiger partial charge in [0.15, 0.2) is 5.17 Å². The Hall–Kier alpha value is -1.62. The van der Waals surface area contributed by atoms with E-state index in [0.29, 0.717) is 11.1 Å². The van der Waals surface area contributed by atoms with E-state index in [4.69, 9.17) is 0 Å². The lowest BCUT2D eigenvalue weighted by Gasteiger charge is -2.03. The van der Waals surface area contributed by atoms with Crippen molar-refractivity contribution >= 4 is 29.1 Å². The molecule has 1 fully saturated rings. The normalized spacial score (nSPS) is 21.6. The minimum absolute atomic E-state index is 0.0137. The summed E-state index contributed by atoms with van der Waals surface area (Å²) in [4.78, 5) is 11.3. The van der Waals surface area contributed by atoms with E-state index in [1.165, 1.54) is 17.3 Å². The number of benzene rings is 1. The Morgan fingerprint density at radius 2 is 2.00 bits per heavy atom. The summed E-state index contributed by atoms with van der Waals surface area (Å²) in [5.74, 6) is 0.512. The van der Waals surface area contributed by atoms with E-state index in [0.717, 1.165) is 5.56 Å². The van der Waals surface area contributed by atoms with Crippen molar-refractivity contribution in [2.24, 2.45) is 10.2 Å². The van der Waals surface area contributed by atoms with Gasteiger partial charge >= 0.3 is 0 Å². The van der Waals surface area contributed by atoms with E-state index in [-0.39, 0.29) is 11.2 Å². The van der Waals surface area contributed by atoms with Gasteiger partial charge in [-0.05, 0) is 24.0 Å². The molecule has 1 heterocycles.